The molecule has 0 bridgehead atoms. The van der Waals surface area contributed by atoms with Gasteiger partial charge in [-0.1, -0.05) is 0 Å². The van der Waals surface area contributed by atoms with Crippen molar-refractivity contribution in [2.75, 3.05) is 6.54 Å². The maximum absolute atomic E-state index is 12.8. The molecule has 4 rings (SSSR count). The van der Waals surface area contributed by atoms with Crippen molar-refractivity contribution >= 4 is 23.0 Å². The van der Waals surface area contributed by atoms with Crippen LogP contribution in [-0.2, 0) is 11.2 Å². The third kappa shape index (κ3) is 2.93. The molecule has 3 aromatic rings. The molecule has 7 heteroatoms. The van der Waals surface area contributed by atoms with Crippen LogP contribution in [0.3, 0.4) is 0 Å². The van der Waals surface area contributed by atoms with Gasteiger partial charge in [0, 0.05) is 24.4 Å². The third-order valence-electron chi connectivity index (χ3n) is 5.08. The largest absolute Gasteiger partial charge is 0.336 e. The van der Waals surface area contributed by atoms with Crippen LogP contribution in [0.2, 0.25) is 0 Å². The molecule has 4 heterocycles. The first-order chi connectivity index (χ1) is 12.1. The van der Waals surface area contributed by atoms with Crippen LogP contribution in [0.1, 0.15) is 47.8 Å². The van der Waals surface area contributed by atoms with Crippen LogP contribution >= 0.6 is 11.3 Å². The number of rotatable bonds is 4. The standard InChI is InChI=1S/C18H21N5OS/c1-12-15(13(2)23-18(21-12)19-11-20-23)5-6-17(24)22-8-3-4-16(22)14-7-9-25-10-14/h7,9-11,16H,3-6,8H2,1-2H3/t16-/m1/s1. The molecule has 130 valence electrons. The van der Waals surface area contributed by atoms with Crippen molar-refractivity contribution in [2.24, 2.45) is 0 Å². The number of amides is 1. The Morgan fingerprint density at radius 1 is 1.40 bits per heavy atom. The van der Waals surface area contributed by atoms with Gasteiger partial charge in [0.1, 0.15) is 6.33 Å². The number of carbonyl (C=O) groups is 1. The van der Waals surface area contributed by atoms with Crippen LogP contribution < -0.4 is 0 Å². The van der Waals surface area contributed by atoms with Gasteiger partial charge in [-0.2, -0.15) is 21.4 Å². The molecule has 0 spiro atoms. The number of hydrogen-bond donors (Lipinski definition) is 0. The highest BCUT2D eigenvalue weighted by molar-refractivity contribution is 7.07. The van der Waals surface area contributed by atoms with Gasteiger partial charge in [0.2, 0.25) is 5.91 Å². The fraction of sp³-hybridized carbons (Fsp3) is 0.444. The quantitative estimate of drug-likeness (QED) is 0.721. The van der Waals surface area contributed by atoms with Crippen molar-refractivity contribution in [1.82, 2.24) is 24.5 Å². The predicted molar refractivity (Wildman–Crippen MR) is 96.6 cm³/mol. The molecule has 0 aliphatic carbocycles. The Morgan fingerprint density at radius 2 is 2.28 bits per heavy atom. The summed E-state index contributed by atoms with van der Waals surface area (Å²) < 4.78 is 1.75. The van der Waals surface area contributed by atoms with Crippen molar-refractivity contribution in [1.29, 1.82) is 0 Å². The summed E-state index contributed by atoms with van der Waals surface area (Å²) in [6.07, 6.45) is 4.85. The van der Waals surface area contributed by atoms with Crippen LogP contribution in [0, 0.1) is 13.8 Å². The molecule has 1 saturated heterocycles. The number of fused-ring (bicyclic) bond motifs is 1. The van der Waals surface area contributed by atoms with Gasteiger partial charge in [-0.3, -0.25) is 4.79 Å². The Hall–Kier alpha value is -2.28. The van der Waals surface area contributed by atoms with Crippen LogP contribution in [0.15, 0.2) is 23.2 Å². The van der Waals surface area contributed by atoms with E-state index in [1.165, 1.54) is 11.9 Å². The molecule has 1 amide bonds. The van der Waals surface area contributed by atoms with E-state index >= 15 is 0 Å². The van der Waals surface area contributed by atoms with Crippen LogP contribution in [0.25, 0.3) is 5.78 Å². The van der Waals surface area contributed by atoms with Gasteiger partial charge in [-0.15, -0.1) is 0 Å². The van der Waals surface area contributed by atoms with E-state index in [0.29, 0.717) is 18.6 Å². The maximum atomic E-state index is 12.8. The summed E-state index contributed by atoms with van der Waals surface area (Å²) in [5.74, 6) is 0.841. The molecule has 0 N–H and O–H groups in total. The zero-order chi connectivity index (χ0) is 17.4. The first-order valence-corrected chi connectivity index (χ1v) is 9.57. The van der Waals surface area contributed by atoms with Crippen LogP contribution in [-0.4, -0.2) is 36.9 Å². The van der Waals surface area contributed by atoms with E-state index in [0.717, 1.165) is 36.3 Å². The monoisotopic (exact) mass is 355 g/mol. The molecule has 0 radical (unpaired) electrons. The van der Waals surface area contributed by atoms with Gasteiger partial charge >= 0.3 is 0 Å². The second-order valence-corrected chi connectivity index (χ2v) is 7.31. The summed E-state index contributed by atoms with van der Waals surface area (Å²) in [6, 6.07) is 2.38. The number of aromatic nitrogens is 4. The number of likely N-dealkylation sites (tertiary alicyclic amines) is 1. The second kappa shape index (κ2) is 6.55. The topological polar surface area (TPSA) is 63.4 Å². The van der Waals surface area contributed by atoms with Crippen LogP contribution in [0.4, 0.5) is 0 Å². The van der Waals surface area contributed by atoms with Gasteiger partial charge in [0.25, 0.3) is 5.78 Å². The van der Waals surface area contributed by atoms with Gasteiger partial charge in [0.05, 0.1) is 6.04 Å². The number of carbonyl (C=O) groups excluding carboxylic acids is 1. The Morgan fingerprint density at radius 3 is 3.08 bits per heavy atom. The lowest BCUT2D eigenvalue weighted by atomic mass is 10.0. The van der Waals surface area contributed by atoms with Crippen molar-refractivity contribution in [2.45, 2.75) is 45.6 Å². The lowest BCUT2D eigenvalue weighted by Gasteiger charge is -2.24. The van der Waals surface area contributed by atoms with E-state index in [9.17, 15) is 4.79 Å². The summed E-state index contributed by atoms with van der Waals surface area (Å²) >= 11 is 1.69. The Bertz CT molecular complexity index is 902. The third-order valence-corrected chi connectivity index (χ3v) is 5.78. The van der Waals surface area contributed by atoms with E-state index in [1.807, 2.05) is 18.7 Å². The molecule has 1 fully saturated rings. The molecule has 1 aliphatic heterocycles. The lowest BCUT2D eigenvalue weighted by Crippen LogP contribution is -2.30. The maximum Gasteiger partial charge on any atom is 0.252 e. The smallest absolute Gasteiger partial charge is 0.252 e. The van der Waals surface area contributed by atoms with Gasteiger partial charge in [-0.05, 0) is 61.1 Å². The number of aryl methyl sites for hydroxylation is 2. The molecule has 0 saturated carbocycles. The minimum atomic E-state index is 0.228. The molecule has 25 heavy (non-hydrogen) atoms. The van der Waals surface area contributed by atoms with Gasteiger partial charge < -0.3 is 4.90 Å². The SMILES string of the molecule is Cc1nc2ncnn2c(C)c1CCC(=O)N1CCC[C@@H]1c1ccsc1. The van der Waals surface area contributed by atoms with E-state index in [2.05, 4.69) is 31.9 Å². The fourth-order valence-electron chi connectivity index (χ4n) is 3.77. The van der Waals surface area contributed by atoms with Gasteiger partial charge in [0.15, 0.2) is 0 Å². The lowest BCUT2D eigenvalue weighted by molar-refractivity contribution is -0.132. The van der Waals surface area contributed by atoms with E-state index in [1.54, 1.807) is 15.9 Å². The number of hydrogen-bond acceptors (Lipinski definition) is 5. The molecule has 6 nitrogen and oxygen atoms in total. The summed E-state index contributed by atoms with van der Waals surface area (Å²) in [6.45, 7) is 4.85. The highest BCUT2D eigenvalue weighted by Gasteiger charge is 2.30. The second-order valence-electron chi connectivity index (χ2n) is 6.53. The van der Waals surface area contributed by atoms with Crippen molar-refractivity contribution < 1.29 is 4.79 Å². The molecular formula is C18H21N5OS. The minimum absolute atomic E-state index is 0.228. The summed E-state index contributed by atoms with van der Waals surface area (Å²) in [7, 11) is 0. The summed E-state index contributed by atoms with van der Waals surface area (Å²) in [5.41, 5.74) is 4.32. The predicted octanol–water partition coefficient (Wildman–Crippen LogP) is 3.10. The zero-order valence-corrected chi connectivity index (χ0v) is 15.3. The first kappa shape index (κ1) is 16.2. The average Bonchev–Trinajstić information content (AvgIpc) is 3.33. The average molecular weight is 355 g/mol. The molecule has 0 unspecified atom stereocenters. The normalized spacial score (nSPS) is 17.5. The number of thiophene rings is 1. The minimum Gasteiger partial charge on any atom is -0.336 e. The Kier molecular flexibility index (Phi) is 4.25. The van der Waals surface area contributed by atoms with Crippen molar-refractivity contribution in [3.63, 3.8) is 0 Å². The Balaban J connectivity index is 1.50. The fourth-order valence-corrected chi connectivity index (χ4v) is 4.48. The summed E-state index contributed by atoms with van der Waals surface area (Å²) in [4.78, 5) is 23.5. The Labute approximate surface area is 150 Å². The highest BCUT2D eigenvalue weighted by Crippen LogP contribution is 2.33. The van der Waals surface area contributed by atoms with Crippen molar-refractivity contribution in [3.05, 3.63) is 45.7 Å². The molecule has 0 aromatic carbocycles. The van der Waals surface area contributed by atoms with E-state index < -0.39 is 0 Å². The van der Waals surface area contributed by atoms with Crippen molar-refractivity contribution in [3.8, 4) is 0 Å². The molecule has 1 atom stereocenters. The van der Waals surface area contributed by atoms with E-state index in [4.69, 9.17) is 0 Å². The van der Waals surface area contributed by atoms with E-state index in [-0.39, 0.29) is 11.9 Å². The molecule has 3 aromatic heterocycles. The van der Waals surface area contributed by atoms with Gasteiger partial charge in [-0.25, -0.2) is 9.50 Å². The molecule has 1 aliphatic rings. The highest BCUT2D eigenvalue weighted by atomic mass is 32.1. The number of nitrogens with zero attached hydrogens (tertiary/aromatic N) is 5. The zero-order valence-electron chi connectivity index (χ0n) is 14.5. The first-order valence-electron chi connectivity index (χ1n) is 8.62. The summed E-state index contributed by atoms with van der Waals surface area (Å²) in [5, 5.41) is 8.46. The molecular weight excluding hydrogens is 334 g/mol. The van der Waals surface area contributed by atoms with Crippen LogP contribution in [0.5, 0.6) is 0 Å².